The summed E-state index contributed by atoms with van der Waals surface area (Å²) in [6.07, 6.45) is 3.41. The van der Waals surface area contributed by atoms with Crippen LogP contribution in [0.15, 0.2) is 45.8 Å². The summed E-state index contributed by atoms with van der Waals surface area (Å²) in [4.78, 5) is 25.8. The minimum absolute atomic E-state index is 0.0819. The van der Waals surface area contributed by atoms with Crippen molar-refractivity contribution in [2.24, 2.45) is 0 Å². The Kier molecular flexibility index (Phi) is 5.07. The SMILES string of the molecule is CCCc1cc(CNC(=O)c2c(C)ccn(-c3ccc4c(c3)OCO4)c2=O)on1. The zero-order valence-corrected chi connectivity index (χ0v) is 16.2. The Balaban J connectivity index is 1.57. The molecule has 1 aliphatic rings. The van der Waals surface area contributed by atoms with Crippen LogP contribution in [0.3, 0.4) is 0 Å². The number of pyridine rings is 1. The number of nitrogens with one attached hydrogen (secondary N) is 1. The van der Waals surface area contributed by atoms with Crippen LogP contribution in [0.5, 0.6) is 11.5 Å². The summed E-state index contributed by atoms with van der Waals surface area (Å²) in [7, 11) is 0. The quantitative estimate of drug-likeness (QED) is 0.690. The first-order chi connectivity index (χ1) is 14.1. The van der Waals surface area contributed by atoms with E-state index >= 15 is 0 Å². The van der Waals surface area contributed by atoms with Gasteiger partial charge in [0, 0.05) is 18.3 Å². The van der Waals surface area contributed by atoms with Crippen LogP contribution in [0, 0.1) is 6.92 Å². The van der Waals surface area contributed by atoms with Crippen molar-refractivity contribution >= 4 is 5.91 Å². The highest BCUT2D eigenvalue weighted by Gasteiger charge is 2.19. The first kappa shape index (κ1) is 18.8. The average Bonchev–Trinajstić information content (AvgIpc) is 3.35. The molecule has 0 aliphatic carbocycles. The summed E-state index contributed by atoms with van der Waals surface area (Å²) in [5.74, 6) is 1.28. The van der Waals surface area contributed by atoms with Gasteiger partial charge in [0.2, 0.25) is 6.79 Å². The van der Waals surface area contributed by atoms with Crippen LogP contribution in [0.25, 0.3) is 5.69 Å². The maximum atomic E-state index is 13.0. The Morgan fingerprint density at radius 3 is 2.86 bits per heavy atom. The largest absolute Gasteiger partial charge is 0.454 e. The number of fused-ring (bicyclic) bond motifs is 1. The number of amides is 1. The van der Waals surface area contributed by atoms with Crippen LogP contribution < -0.4 is 20.3 Å². The number of hydrogen-bond acceptors (Lipinski definition) is 6. The zero-order chi connectivity index (χ0) is 20.4. The van der Waals surface area contributed by atoms with Crippen molar-refractivity contribution < 1.29 is 18.8 Å². The number of nitrogens with zero attached hydrogens (tertiary/aromatic N) is 2. The topological polar surface area (TPSA) is 95.6 Å². The third kappa shape index (κ3) is 3.73. The molecule has 0 unspecified atom stereocenters. The normalized spacial score (nSPS) is 12.2. The molecule has 3 aromatic rings. The van der Waals surface area contributed by atoms with Crippen molar-refractivity contribution in [2.75, 3.05) is 6.79 Å². The second kappa shape index (κ2) is 7.83. The lowest BCUT2D eigenvalue weighted by molar-refractivity contribution is 0.0944. The van der Waals surface area contributed by atoms with E-state index in [0.717, 1.165) is 18.5 Å². The Labute approximate surface area is 167 Å². The number of benzene rings is 1. The molecular formula is C21H21N3O5. The summed E-state index contributed by atoms with van der Waals surface area (Å²) in [5, 5.41) is 6.70. The Morgan fingerprint density at radius 1 is 1.21 bits per heavy atom. The van der Waals surface area contributed by atoms with Crippen LogP contribution in [0.4, 0.5) is 0 Å². The van der Waals surface area contributed by atoms with Crippen LogP contribution in [-0.4, -0.2) is 22.4 Å². The standard InChI is InChI=1S/C21H21N3O5/c1-3-4-14-9-16(29-23-14)11-22-20(25)19-13(2)7-8-24(21(19)26)15-5-6-17-18(10-15)28-12-27-17/h5-10H,3-4,11-12H2,1-2H3,(H,22,25). The molecule has 0 fully saturated rings. The third-order valence-corrected chi connectivity index (χ3v) is 4.70. The van der Waals surface area contributed by atoms with E-state index < -0.39 is 11.5 Å². The van der Waals surface area contributed by atoms with E-state index in [2.05, 4.69) is 17.4 Å². The van der Waals surface area contributed by atoms with Gasteiger partial charge >= 0.3 is 0 Å². The minimum Gasteiger partial charge on any atom is -0.454 e. The molecule has 0 radical (unpaired) electrons. The highest BCUT2D eigenvalue weighted by atomic mass is 16.7. The Morgan fingerprint density at radius 2 is 2.03 bits per heavy atom. The van der Waals surface area contributed by atoms with Gasteiger partial charge in [-0.1, -0.05) is 18.5 Å². The predicted octanol–water partition coefficient (Wildman–Crippen LogP) is 2.75. The second-order valence-corrected chi connectivity index (χ2v) is 6.80. The van der Waals surface area contributed by atoms with Gasteiger partial charge in [0.25, 0.3) is 11.5 Å². The van der Waals surface area contributed by atoms with Crippen LogP contribution >= 0.6 is 0 Å². The van der Waals surface area contributed by atoms with E-state index in [-0.39, 0.29) is 18.9 Å². The van der Waals surface area contributed by atoms with Crippen molar-refractivity contribution in [3.63, 3.8) is 0 Å². The third-order valence-electron chi connectivity index (χ3n) is 4.70. The number of ether oxygens (including phenoxy) is 2. The molecule has 0 saturated heterocycles. The fourth-order valence-corrected chi connectivity index (χ4v) is 3.21. The van der Waals surface area contributed by atoms with Gasteiger partial charge < -0.3 is 19.3 Å². The number of aromatic nitrogens is 2. The fourth-order valence-electron chi connectivity index (χ4n) is 3.21. The van der Waals surface area contributed by atoms with Crippen molar-refractivity contribution in [1.29, 1.82) is 0 Å². The lowest BCUT2D eigenvalue weighted by atomic mass is 10.1. The lowest BCUT2D eigenvalue weighted by Crippen LogP contribution is -2.33. The number of rotatable bonds is 6. The molecular weight excluding hydrogens is 374 g/mol. The van der Waals surface area contributed by atoms with Crippen LogP contribution in [0.2, 0.25) is 0 Å². The molecule has 1 amide bonds. The molecule has 0 spiro atoms. The molecule has 0 atom stereocenters. The van der Waals surface area contributed by atoms with E-state index in [4.69, 9.17) is 14.0 Å². The summed E-state index contributed by atoms with van der Waals surface area (Å²) in [6.45, 7) is 4.10. The second-order valence-electron chi connectivity index (χ2n) is 6.80. The molecule has 1 N–H and O–H groups in total. The van der Waals surface area contributed by atoms with Gasteiger partial charge in [-0.2, -0.15) is 0 Å². The summed E-state index contributed by atoms with van der Waals surface area (Å²) in [5.41, 5.74) is 1.70. The van der Waals surface area contributed by atoms with Crippen LogP contribution in [-0.2, 0) is 13.0 Å². The minimum atomic E-state index is -0.462. The highest BCUT2D eigenvalue weighted by molar-refractivity contribution is 5.95. The number of carbonyl (C=O) groups is 1. The summed E-state index contributed by atoms with van der Waals surface area (Å²) in [6, 6.07) is 8.74. The predicted molar refractivity (Wildman–Crippen MR) is 105 cm³/mol. The first-order valence-electron chi connectivity index (χ1n) is 9.41. The van der Waals surface area contributed by atoms with Gasteiger partial charge in [-0.05, 0) is 37.1 Å². The maximum absolute atomic E-state index is 13.0. The molecule has 29 heavy (non-hydrogen) atoms. The molecule has 4 rings (SSSR count). The molecule has 2 aromatic heterocycles. The van der Waals surface area contributed by atoms with E-state index in [1.807, 2.05) is 6.07 Å². The number of carbonyl (C=O) groups excluding carboxylic acids is 1. The van der Waals surface area contributed by atoms with Crippen molar-refractivity contribution in [3.05, 3.63) is 69.5 Å². The van der Waals surface area contributed by atoms with Gasteiger partial charge in [-0.15, -0.1) is 0 Å². The monoisotopic (exact) mass is 395 g/mol. The van der Waals surface area contributed by atoms with Crippen LogP contribution in [0.1, 0.15) is 40.7 Å². The molecule has 1 aromatic carbocycles. The lowest BCUT2D eigenvalue weighted by Gasteiger charge is -2.11. The molecule has 8 nitrogen and oxygen atoms in total. The highest BCUT2D eigenvalue weighted by Crippen LogP contribution is 2.33. The van der Waals surface area contributed by atoms with Gasteiger partial charge in [0.1, 0.15) is 5.56 Å². The van der Waals surface area contributed by atoms with E-state index in [9.17, 15) is 9.59 Å². The maximum Gasteiger partial charge on any atom is 0.268 e. The zero-order valence-electron chi connectivity index (χ0n) is 16.2. The molecule has 1 aliphatic heterocycles. The number of aryl methyl sites for hydroxylation is 2. The molecule has 3 heterocycles. The van der Waals surface area contributed by atoms with Gasteiger partial charge in [0.05, 0.1) is 17.9 Å². The molecule has 8 heteroatoms. The van der Waals surface area contributed by atoms with Gasteiger partial charge in [0.15, 0.2) is 17.3 Å². The van der Waals surface area contributed by atoms with Crippen molar-refractivity contribution in [1.82, 2.24) is 15.0 Å². The molecule has 0 bridgehead atoms. The van der Waals surface area contributed by atoms with Crippen molar-refractivity contribution in [3.8, 4) is 17.2 Å². The molecule has 150 valence electrons. The average molecular weight is 395 g/mol. The smallest absolute Gasteiger partial charge is 0.268 e. The summed E-state index contributed by atoms with van der Waals surface area (Å²) < 4.78 is 17.3. The van der Waals surface area contributed by atoms with Crippen molar-refractivity contribution in [2.45, 2.75) is 33.2 Å². The number of hydrogen-bond donors (Lipinski definition) is 1. The summed E-state index contributed by atoms with van der Waals surface area (Å²) >= 11 is 0. The van der Waals surface area contributed by atoms with E-state index in [0.29, 0.717) is 28.5 Å². The van der Waals surface area contributed by atoms with E-state index in [1.165, 1.54) is 4.57 Å². The van der Waals surface area contributed by atoms with Gasteiger partial charge in [-0.25, -0.2) is 0 Å². The van der Waals surface area contributed by atoms with E-state index in [1.54, 1.807) is 37.4 Å². The fraction of sp³-hybridized carbons (Fsp3) is 0.286. The van der Waals surface area contributed by atoms with Gasteiger partial charge in [-0.3, -0.25) is 14.2 Å². The molecule has 0 saturated carbocycles. The Bertz CT molecular complexity index is 1120. The first-order valence-corrected chi connectivity index (χ1v) is 9.41. The Hall–Kier alpha value is -3.55.